The quantitative estimate of drug-likeness (QED) is 0.376. The van der Waals surface area contributed by atoms with Gasteiger partial charge in [-0.2, -0.15) is 0 Å². The van der Waals surface area contributed by atoms with Crippen LogP contribution in [0.4, 0.5) is 5.13 Å². The van der Waals surface area contributed by atoms with Crippen molar-refractivity contribution in [3.8, 4) is 0 Å². The molecule has 0 fully saturated rings. The number of primary amides is 1. The minimum atomic E-state index is -0.676. The smallest absolute Gasteiger partial charge is 0.284 e. The molecule has 10 nitrogen and oxygen atoms in total. The molecule has 0 spiro atoms. The number of nitrogens with one attached hydrogen (secondary N) is 3. The van der Waals surface area contributed by atoms with Crippen LogP contribution in [0.15, 0.2) is 24.5 Å². The second kappa shape index (κ2) is 7.60. The number of carbonyl (C=O) groups excluding carboxylic acids is 2. The van der Waals surface area contributed by atoms with Gasteiger partial charge in [0.1, 0.15) is 5.52 Å². The predicted molar refractivity (Wildman–Crippen MR) is 116 cm³/mol. The Balaban J connectivity index is 1.33. The second-order valence-electron chi connectivity index (χ2n) is 7.42. The Labute approximate surface area is 180 Å². The van der Waals surface area contributed by atoms with Gasteiger partial charge in [0.15, 0.2) is 11.0 Å². The van der Waals surface area contributed by atoms with Crippen molar-refractivity contribution < 1.29 is 9.59 Å². The molecule has 11 heteroatoms. The summed E-state index contributed by atoms with van der Waals surface area (Å²) in [6.45, 7) is 4.46. The first kappa shape index (κ1) is 19.4. The van der Waals surface area contributed by atoms with Crippen molar-refractivity contribution in [2.75, 3.05) is 11.9 Å². The lowest BCUT2D eigenvalue weighted by molar-refractivity contribution is 0.0989. The number of imidazole rings is 2. The van der Waals surface area contributed by atoms with Gasteiger partial charge in [-0.25, -0.2) is 15.0 Å². The summed E-state index contributed by atoms with van der Waals surface area (Å²) in [5.74, 6) is -0.984. The van der Waals surface area contributed by atoms with E-state index in [0.29, 0.717) is 21.7 Å². The molecule has 5 rings (SSSR count). The third kappa shape index (κ3) is 3.68. The van der Waals surface area contributed by atoms with Crippen LogP contribution < -0.4 is 11.1 Å². The van der Waals surface area contributed by atoms with Crippen molar-refractivity contribution in [3.05, 3.63) is 57.9 Å². The highest BCUT2D eigenvalue weighted by molar-refractivity contribution is 7.15. The van der Waals surface area contributed by atoms with Crippen LogP contribution >= 0.6 is 11.3 Å². The van der Waals surface area contributed by atoms with E-state index in [9.17, 15) is 9.59 Å². The monoisotopic (exact) mass is 436 g/mol. The summed E-state index contributed by atoms with van der Waals surface area (Å²) in [5.41, 5.74) is 9.76. The maximum atomic E-state index is 12.9. The standard InChI is InChI=1S/C20H20N8O2S/c1-10-14(23-9-22-10)7-28-6-5-12-15(8-28)31-20(25-12)27-19(30)11-3-2-4-13-16(11)26-18(24-13)17(21)29/h2-4,9H,5-8H2,1H3,(H2,21,29)(H,22,23)(H,24,26)(H,25,27,30). The number of anilines is 1. The average molecular weight is 437 g/mol. The highest BCUT2D eigenvalue weighted by Crippen LogP contribution is 2.29. The Hall–Kier alpha value is -3.57. The Bertz CT molecular complexity index is 1300. The van der Waals surface area contributed by atoms with Crippen molar-refractivity contribution in [1.82, 2.24) is 29.8 Å². The average Bonchev–Trinajstić information content (AvgIpc) is 3.45. The van der Waals surface area contributed by atoms with Crippen molar-refractivity contribution in [1.29, 1.82) is 0 Å². The summed E-state index contributed by atoms with van der Waals surface area (Å²) in [6, 6.07) is 5.12. The Kier molecular flexibility index (Phi) is 4.75. The Morgan fingerprint density at radius 3 is 2.97 bits per heavy atom. The molecule has 1 aliphatic heterocycles. The van der Waals surface area contributed by atoms with E-state index in [1.54, 1.807) is 24.5 Å². The number of aryl methyl sites for hydroxylation is 1. The minimum Gasteiger partial charge on any atom is -0.363 e. The number of hydrogen-bond acceptors (Lipinski definition) is 7. The van der Waals surface area contributed by atoms with E-state index >= 15 is 0 Å². The van der Waals surface area contributed by atoms with E-state index in [0.717, 1.165) is 48.0 Å². The lowest BCUT2D eigenvalue weighted by atomic mass is 10.1. The zero-order chi connectivity index (χ0) is 21.5. The molecule has 2 amide bonds. The van der Waals surface area contributed by atoms with Crippen LogP contribution in [0.1, 0.15) is 42.9 Å². The van der Waals surface area contributed by atoms with Crippen LogP contribution in [0.3, 0.4) is 0 Å². The largest absolute Gasteiger partial charge is 0.363 e. The molecule has 158 valence electrons. The number of amides is 2. The third-order valence-corrected chi connectivity index (χ3v) is 6.33. The first-order valence-corrected chi connectivity index (χ1v) is 10.6. The molecule has 0 bridgehead atoms. The SMILES string of the molecule is Cc1nc[nH]c1CN1CCc2nc(NC(=O)c3cccc4[nH]c(C(N)=O)nc34)sc2C1. The maximum Gasteiger partial charge on any atom is 0.284 e. The van der Waals surface area contributed by atoms with Gasteiger partial charge < -0.3 is 15.7 Å². The highest BCUT2D eigenvalue weighted by Gasteiger charge is 2.23. The topological polar surface area (TPSA) is 146 Å². The van der Waals surface area contributed by atoms with Gasteiger partial charge in [-0.15, -0.1) is 11.3 Å². The number of hydrogen-bond donors (Lipinski definition) is 4. The number of carbonyl (C=O) groups is 2. The number of fused-ring (bicyclic) bond motifs is 2. The minimum absolute atomic E-state index is 0.0209. The molecule has 0 atom stereocenters. The summed E-state index contributed by atoms with van der Waals surface area (Å²) in [4.78, 5) is 46.8. The van der Waals surface area contributed by atoms with Crippen LogP contribution in [0.25, 0.3) is 11.0 Å². The van der Waals surface area contributed by atoms with E-state index < -0.39 is 5.91 Å². The maximum absolute atomic E-state index is 12.9. The van der Waals surface area contributed by atoms with E-state index in [1.807, 2.05) is 6.92 Å². The number of nitrogens with two attached hydrogens (primary N) is 1. The van der Waals surface area contributed by atoms with Gasteiger partial charge in [-0.3, -0.25) is 19.8 Å². The van der Waals surface area contributed by atoms with Gasteiger partial charge in [0.25, 0.3) is 11.8 Å². The summed E-state index contributed by atoms with van der Waals surface area (Å²) in [6.07, 6.45) is 2.54. The van der Waals surface area contributed by atoms with E-state index in [2.05, 4.69) is 35.1 Å². The Morgan fingerprint density at radius 2 is 2.19 bits per heavy atom. The number of nitrogens with zero attached hydrogens (tertiary/aromatic N) is 4. The first-order valence-electron chi connectivity index (χ1n) is 9.77. The fourth-order valence-corrected chi connectivity index (χ4v) is 4.75. The van der Waals surface area contributed by atoms with Gasteiger partial charge in [-0.05, 0) is 19.1 Å². The van der Waals surface area contributed by atoms with Crippen molar-refractivity contribution in [3.63, 3.8) is 0 Å². The molecular weight excluding hydrogens is 416 g/mol. The van der Waals surface area contributed by atoms with Crippen molar-refractivity contribution in [2.24, 2.45) is 5.73 Å². The number of para-hydroxylation sites is 1. The number of thiazole rings is 1. The molecule has 3 aromatic heterocycles. The molecule has 4 heterocycles. The molecule has 4 aromatic rings. The Morgan fingerprint density at radius 1 is 1.32 bits per heavy atom. The van der Waals surface area contributed by atoms with E-state index in [1.165, 1.54) is 11.3 Å². The van der Waals surface area contributed by atoms with Gasteiger partial charge in [0, 0.05) is 30.9 Å². The van der Waals surface area contributed by atoms with Crippen molar-refractivity contribution in [2.45, 2.75) is 26.4 Å². The zero-order valence-electron chi connectivity index (χ0n) is 16.7. The molecule has 0 unspecified atom stereocenters. The molecule has 31 heavy (non-hydrogen) atoms. The molecule has 0 radical (unpaired) electrons. The summed E-state index contributed by atoms with van der Waals surface area (Å²) in [7, 11) is 0. The lowest BCUT2D eigenvalue weighted by Gasteiger charge is -2.25. The van der Waals surface area contributed by atoms with Crippen LogP contribution in [0.5, 0.6) is 0 Å². The number of benzene rings is 1. The predicted octanol–water partition coefficient (Wildman–Crippen LogP) is 1.96. The summed E-state index contributed by atoms with van der Waals surface area (Å²) in [5, 5.41) is 3.43. The van der Waals surface area contributed by atoms with Crippen LogP contribution in [-0.4, -0.2) is 48.2 Å². The molecular formula is C20H20N8O2S. The van der Waals surface area contributed by atoms with Crippen LogP contribution in [0.2, 0.25) is 0 Å². The van der Waals surface area contributed by atoms with Gasteiger partial charge in [0.2, 0.25) is 0 Å². The fourth-order valence-electron chi connectivity index (χ4n) is 3.71. The lowest BCUT2D eigenvalue weighted by Crippen LogP contribution is -2.29. The number of rotatable bonds is 5. The molecule has 1 aromatic carbocycles. The van der Waals surface area contributed by atoms with Crippen LogP contribution in [0, 0.1) is 6.92 Å². The van der Waals surface area contributed by atoms with E-state index in [-0.39, 0.29) is 11.7 Å². The fraction of sp³-hybridized carbons (Fsp3) is 0.250. The van der Waals surface area contributed by atoms with Crippen molar-refractivity contribution >= 4 is 39.3 Å². The zero-order valence-corrected chi connectivity index (χ0v) is 17.5. The first-order chi connectivity index (χ1) is 15.0. The molecule has 1 aliphatic rings. The number of aromatic amines is 2. The van der Waals surface area contributed by atoms with Gasteiger partial charge in [-0.1, -0.05) is 6.07 Å². The van der Waals surface area contributed by atoms with Crippen LogP contribution in [-0.2, 0) is 19.5 Å². The second-order valence-corrected chi connectivity index (χ2v) is 8.51. The third-order valence-electron chi connectivity index (χ3n) is 5.34. The van der Waals surface area contributed by atoms with Gasteiger partial charge >= 0.3 is 0 Å². The molecule has 0 saturated carbocycles. The van der Waals surface area contributed by atoms with E-state index in [4.69, 9.17) is 5.73 Å². The molecule has 0 aliphatic carbocycles. The van der Waals surface area contributed by atoms with Gasteiger partial charge in [0.05, 0.1) is 34.5 Å². The normalized spacial score (nSPS) is 14.0. The number of aromatic nitrogens is 5. The summed E-state index contributed by atoms with van der Waals surface area (Å²) < 4.78 is 0. The molecule has 5 N–H and O–H groups in total. The highest BCUT2D eigenvalue weighted by atomic mass is 32.1. The number of H-pyrrole nitrogens is 2. The molecule has 0 saturated heterocycles. The summed E-state index contributed by atoms with van der Waals surface area (Å²) >= 11 is 1.48.